The number of furan rings is 5. The smallest absolute Gasteiger partial charge is 0.220 e. The molecule has 33 rings (SSSR count). The molecule has 0 bridgehead atoms. The normalized spacial score (nSPS) is 12.1. The fourth-order valence-electron chi connectivity index (χ4n) is 22.7. The van der Waals surface area contributed by atoms with Crippen molar-refractivity contribution in [2.45, 2.75) is 34.6 Å². The van der Waals surface area contributed by atoms with Gasteiger partial charge in [-0.15, -0.1) is 0 Å². The van der Waals surface area contributed by atoms with Crippen molar-refractivity contribution in [3.05, 3.63) is 452 Å². The van der Waals surface area contributed by atoms with Crippen molar-refractivity contribution in [3.63, 3.8) is 0 Å². The molecule has 0 N–H and O–H groups in total. The molecule has 20 aromatic carbocycles. The molecule has 0 radical (unpaired) electrons. The van der Waals surface area contributed by atoms with Gasteiger partial charge >= 0.3 is 0 Å². The molecule has 0 amide bonds. The minimum absolute atomic E-state index is 0.886. The van der Waals surface area contributed by atoms with E-state index < -0.39 is 0 Å². The lowest BCUT2D eigenvalue weighted by Gasteiger charge is -2.09. The zero-order valence-electron chi connectivity index (χ0n) is 78.9. The molecule has 0 spiro atoms. The second-order valence-electron chi connectivity index (χ2n) is 37.7. The van der Waals surface area contributed by atoms with E-state index in [-0.39, 0.29) is 0 Å². The molecule has 16 heteroatoms. The highest BCUT2D eigenvalue weighted by Gasteiger charge is 2.27. The Morgan fingerprint density at radius 2 is 0.389 bits per heavy atom. The maximum absolute atomic E-state index is 6.38. The van der Waals surface area contributed by atoms with E-state index in [1.54, 1.807) is 0 Å². The third-order valence-electron chi connectivity index (χ3n) is 28.9. The average Bonchev–Trinajstić information content (AvgIpc) is 1.56. The van der Waals surface area contributed by atoms with E-state index in [4.69, 9.17) is 37.0 Å². The Hall–Kier alpha value is -19.2. The number of rotatable bonds is 5. The van der Waals surface area contributed by atoms with Gasteiger partial charge in [-0.3, -0.25) is 26.9 Å². The van der Waals surface area contributed by atoms with Gasteiger partial charge in [-0.05, 0) is 250 Å². The monoisotopic (exact) mass is 1860 g/mol. The van der Waals surface area contributed by atoms with Crippen molar-refractivity contribution in [1.82, 2.24) is 51.0 Å². The van der Waals surface area contributed by atoms with Crippen LogP contribution in [0.1, 0.15) is 27.8 Å². The predicted octanol–water partition coefficient (Wildman–Crippen LogP) is 33.9. The van der Waals surface area contributed by atoms with Crippen molar-refractivity contribution in [1.29, 1.82) is 0 Å². The maximum Gasteiger partial charge on any atom is 0.220 e. The summed E-state index contributed by atoms with van der Waals surface area (Å²) in [5.41, 5.74) is 38.6. The van der Waals surface area contributed by atoms with Crippen LogP contribution in [0.4, 0.5) is 0 Å². The molecule has 0 aliphatic carbocycles. The predicted molar refractivity (Wildman–Crippen MR) is 590 cm³/mol. The SMILES string of the molecule is Cc1cc(-n2c3ccccc3c3ccccc32)c2oc3ccccc3c2c1.Cc1cc(-n2c3ccccc3c3ccccc32)cc2c1oc1ccccc12.Cc1cc(-n2c3ccccc3n3c4ccccc4nc23)c2oc3ccccc3c2c1.Cc1cc(-n2c3ccccc3n3c4ccccc4nc23)cc2c1oc1ccccc12.Cc1cc(-n2c3ccccc3n3c4ccccc4nc23)cc2c1oc1ccccc12. The van der Waals surface area contributed by atoms with Crippen molar-refractivity contribution in [2.75, 3.05) is 0 Å². The number of benzene rings is 20. The Bertz CT molecular complexity index is 10800. The Morgan fingerprint density at radius 3 is 0.708 bits per heavy atom. The van der Waals surface area contributed by atoms with Crippen LogP contribution in [0.2, 0.25) is 0 Å². The second-order valence-corrected chi connectivity index (χ2v) is 37.7. The summed E-state index contributed by atoms with van der Waals surface area (Å²) in [5.74, 6) is 2.73. The lowest BCUT2D eigenvalue weighted by Crippen LogP contribution is -1.96. The number of imidazole rings is 6. The fraction of sp³-hybridized carbons (Fsp3) is 0.0391. The number of aromatic nitrogens is 11. The van der Waals surface area contributed by atoms with Crippen LogP contribution in [-0.2, 0) is 0 Å². The van der Waals surface area contributed by atoms with Crippen molar-refractivity contribution < 1.29 is 22.1 Å². The van der Waals surface area contributed by atoms with E-state index in [2.05, 4.69) is 416 Å². The first-order chi connectivity index (χ1) is 71.0. The van der Waals surface area contributed by atoms with E-state index in [1.807, 2.05) is 78.9 Å². The van der Waals surface area contributed by atoms with E-state index in [9.17, 15) is 0 Å². The van der Waals surface area contributed by atoms with Crippen LogP contribution in [-0.4, -0.2) is 51.0 Å². The quantitative estimate of drug-likeness (QED) is 0.166. The number of aryl methyl sites for hydroxylation is 5. The minimum Gasteiger partial charge on any atom is -0.456 e. The molecule has 682 valence electrons. The van der Waals surface area contributed by atoms with Gasteiger partial charge in [0.05, 0.1) is 111 Å². The molecule has 0 aliphatic heterocycles. The number of hydrogen-bond donors (Lipinski definition) is 0. The standard InChI is InChI=1S/3C26H17N3O.2C25H17NO/c2*1-16-14-17(15-19-18-8-2-7-13-24(18)30-25(16)19)28-22-11-5-6-12-23(22)29-21-10-4-3-9-20(21)27-26(28)29;1-16-14-18-17-8-2-7-13-24(17)30-25(18)23(15-16)29-22-12-6-5-11-21(22)28-20-10-4-3-9-19(20)27-26(28)29;1-16-14-17(15-21-20-10-4-7-13-24(20)27-25(16)21)26-22-11-5-2-8-18(22)19-9-3-6-12-23(19)26;1-16-14-20-19-10-4-7-13-24(19)27-25(20)23(15-16)26-21-11-5-2-8-17(21)18-9-3-6-12-22(18)26/h3*2-15H,1H3;2*2-15H,1H3. The molecule has 0 aliphatic rings. The van der Waals surface area contributed by atoms with Gasteiger partial charge in [-0.1, -0.05) is 237 Å². The molecule has 0 fully saturated rings. The zero-order valence-corrected chi connectivity index (χ0v) is 78.9. The highest BCUT2D eigenvalue weighted by molar-refractivity contribution is 6.16. The Kier molecular flexibility index (Phi) is 18.2. The molecule has 0 saturated carbocycles. The van der Waals surface area contributed by atoms with Gasteiger partial charge in [-0.25, -0.2) is 15.0 Å². The maximum atomic E-state index is 6.38. The van der Waals surface area contributed by atoms with Crippen molar-refractivity contribution in [2.24, 2.45) is 0 Å². The first-order valence-corrected chi connectivity index (χ1v) is 48.7. The Morgan fingerprint density at radius 1 is 0.167 bits per heavy atom. The van der Waals surface area contributed by atoms with Gasteiger partial charge in [0.25, 0.3) is 0 Å². The highest BCUT2D eigenvalue weighted by Crippen LogP contribution is 2.46. The number of fused-ring (bicyclic) bond motifs is 36. The van der Waals surface area contributed by atoms with Gasteiger partial charge in [0.1, 0.15) is 44.7 Å². The second kappa shape index (κ2) is 31.9. The van der Waals surface area contributed by atoms with Crippen LogP contribution in [0.25, 0.3) is 265 Å². The van der Waals surface area contributed by atoms with Crippen LogP contribution in [0, 0.1) is 34.6 Å². The number of nitrogens with zero attached hydrogens (tertiary/aromatic N) is 11. The van der Waals surface area contributed by atoms with Crippen LogP contribution in [0.3, 0.4) is 0 Å². The van der Waals surface area contributed by atoms with Gasteiger partial charge in [0.2, 0.25) is 17.3 Å². The Labute approximate surface area is 820 Å². The summed E-state index contributed by atoms with van der Waals surface area (Å²) in [5, 5.41) is 16.6. The van der Waals surface area contributed by atoms with Gasteiger partial charge < -0.3 is 31.2 Å². The molecule has 0 atom stereocenters. The van der Waals surface area contributed by atoms with E-state index in [1.165, 1.54) is 82.0 Å². The van der Waals surface area contributed by atoms with E-state index >= 15 is 0 Å². The van der Waals surface area contributed by atoms with Crippen LogP contribution in [0.5, 0.6) is 0 Å². The lowest BCUT2D eigenvalue weighted by molar-refractivity contribution is 0.665. The summed E-state index contributed by atoms with van der Waals surface area (Å²) in [6.07, 6.45) is 0. The summed E-state index contributed by atoms with van der Waals surface area (Å²) in [4.78, 5) is 15.0. The summed E-state index contributed by atoms with van der Waals surface area (Å²) in [6, 6.07) is 148. The first kappa shape index (κ1) is 81.9. The summed E-state index contributed by atoms with van der Waals surface area (Å²) >= 11 is 0. The molecule has 13 aromatic heterocycles. The molecule has 13 heterocycles. The van der Waals surface area contributed by atoms with Gasteiger partial charge in [0.15, 0.2) is 11.2 Å². The molecule has 144 heavy (non-hydrogen) atoms. The van der Waals surface area contributed by atoms with Crippen molar-refractivity contribution in [3.8, 4) is 28.4 Å². The zero-order chi connectivity index (χ0) is 95.4. The molecule has 0 unspecified atom stereocenters. The summed E-state index contributed by atoms with van der Waals surface area (Å²) in [6.45, 7) is 10.6. The van der Waals surface area contributed by atoms with Crippen molar-refractivity contribution >= 4 is 237 Å². The molecular weight excluding hydrogens is 1770 g/mol. The van der Waals surface area contributed by atoms with Crippen LogP contribution >= 0.6 is 0 Å². The van der Waals surface area contributed by atoms with Gasteiger partial charge in [0, 0.05) is 81.1 Å². The molecule has 0 saturated heterocycles. The highest BCUT2D eigenvalue weighted by atomic mass is 16.3. The van der Waals surface area contributed by atoms with E-state index in [0.717, 1.165) is 211 Å². The average molecular weight is 1860 g/mol. The largest absolute Gasteiger partial charge is 0.456 e. The number of para-hydroxylation sites is 21. The fourth-order valence-corrected chi connectivity index (χ4v) is 22.7. The number of hydrogen-bond acceptors (Lipinski definition) is 8. The third-order valence-corrected chi connectivity index (χ3v) is 28.9. The third kappa shape index (κ3) is 12.5. The lowest BCUT2D eigenvalue weighted by atomic mass is 10.1. The van der Waals surface area contributed by atoms with Crippen LogP contribution < -0.4 is 0 Å². The first-order valence-electron chi connectivity index (χ1n) is 48.7. The summed E-state index contributed by atoms with van der Waals surface area (Å²) < 4.78 is 49.3. The summed E-state index contributed by atoms with van der Waals surface area (Å²) in [7, 11) is 0. The topological polar surface area (TPSA) is 142 Å². The minimum atomic E-state index is 0.886. The van der Waals surface area contributed by atoms with Crippen LogP contribution in [0.15, 0.2) is 447 Å². The molecular formula is C128H85N11O5. The van der Waals surface area contributed by atoms with Gasteiger partial charge in [-0.2, -0.15) is 0 Å². The molecule has 16 nitrogen and oxygen atoms in total. The Balaban J connectivity index is 0.0000000857. The molecule has 33 aromatic rings. The van der Waals surface area contributed by atoms with E-state index in [0.29, 0.717) is 0 Å².